The molecule has 0 saturated heterocycles. The third-order valence-corrected chi connectivity index (χ3v) is 24.4. The lowest BCUT2D eigenvalue weighted by Gasteiger charge is -2.49. The van der Waals surface area contributed by atoms with Crippen LogP contribution in [-0.2, 0) is 38.1 Å². The molecule has 16 nitrogen and oxygen atoms in total. The molecular weight excluding hydrogens is 2010 g/mol. The Morgan fingerprint density at radius 1 is 0.239 bits per heavy atom. The highest BCUT2D eigenvalue weighted by Crippen LogP contribution is 2.65. The second kappa shape index (κ2) is 40.3. The number of alkyl halides is 48. The van der Waals surface area contributed by atoms with E-state index in [1.54, 1.807) is 0 Å². The second-order valence-electron chi connectivity index (χ2n) is 33.6. The Morgan fingerprint density at radius 3 is 0.597 bits per heavy atom. The van der Waals surface area contributed by atoms with Crippen LogP contribution >= 0.6 is 0 Å². The van der Waals surface area contributed by atoms with Crippen LogP contribution in [0, 0.1) is 70.0 Å². The zero-order valence-electron chi connectivity index (χ0n) is 69.4. The van der Waals surface area contributed by atoms with Crippen molar-refractivity contribution in [3.05, 3.63) is 0 Å². The molecule has 4 aliphatic rings. The van der Waals surface area contributed by atoms with Crippen LogP contribution in [0.4, 0.5) is 211 Å². The van der Waals surface area contributed by atoms with E-state index in [1.807, 2.05) is 0 Å². The molecule has 0 radical (unpaired) electrons. The molecule has 12 unspecified atom stereocenters. The van der Waals surface area contributed by atoms with Crippen LogP contribution in [0.5, 0.6) is 0 Å². The molecule has 796 valence electrons. The lowest BCUT2D eigenvalue weighted by atomic mass is 9.65. The molecule has 0 heterocycles. The molecule has 12 atom stereocenters. The quantitative estimate of drug-likeness (QED) is 0.0320. The maximum Gasteiger partial charge on any atom is 0.426 e. The molecule has 64 heteroatoms. The first-order chi connectivity index (χ1) is 58.5. The van der Waals surface area contributed by atoms with Crippen molar-refractivity contribution in [1.82, 2.24) is 0 Å². The Hall–Kier alpha value is -5.80. The Bertz CT molecular complexity index is 3620. The van der Waals surface area contributed by atoms with Gasteiger partial charge in [0.2, 0.25) is 0 Å². The van der Waals surface area contributed by atoms with Gasteiger partial charge in [-0.1, -0.05) is 41.5 Å². The molecule has 0 spiro atoms. The summed E-state index contributed by atoms with van der Waals surface area (Å²) >= 11 is 0. The summed E-state index contributed by atoms with van der Waals surface area (Å²) in [4.78, 5) is 48.3. The number of esters is 4. The van der Waals surface area contributed by atoms with Crippen LogP contribution in [0.3, 0.4) is 0 Å². The summed E-state index contributed by atoms with van der Waals surface area (Å²) in [6.07, 6.45) is -136. The summed E-state index contributed by atoms with van der Waals surface area (Å²) in [5.41, 5.74) is -49.0. The standard InChI is InChI=1S/2C18H22F12O4.2C17H20F12O4/c1-4-12(2,3)11(31)34-10-6-8(13(32,15(19,20)21)16(22,23)24)5-9(7-10)14(33,17(25,26)27)18(28,29)30;1-4-12(2,3)11(31)34-10-6-5-8(13(32,15(19,20)21)16(22,23)24)7-9(10)14(33,17(25,26)27)18(28,29)30;1-3-7(2)11(30)33-10-5-8(12(31,14(18,19)20)15(21,22)23)4-9(6-10)13(32,16(24,25)26)17(27,28)29;1-3-7(2)11(30)33-10-5-4-8(12(31,14(18,19)20)15(21,22)23)6-9(10)13(32,16(24,25)26)17(27,28)29/h2*8-10,32-33H,4-7H2,1-3H3;2*7-10,31-32H,3-6H2,1-2H3. The smallest absolute Gasteiger partial charge is 0.426 e. The number of ether oxygens (including phenoxy) is 4. The van der Waals surface area contributed by atoms with Crippen molar-refractivity contribution < 1.29 is 290 Å². The topological polar surface area (TPSA) is 267 Å². The summed E-state index contributed by atoms with van der Waals surface area (Å²) in [7, 11) is 0. The van der Waals surface area contributed by atoms with E-state index in [-0.39, 0.29) is 25.7 Å². The molecule has 4 fully saturated rings. The van der Waals surface area contributed by atoms with Crippen molar-refractivity contribution in [2.24, 2.45) is 70.0 Å². The maximum absolute atomic E-state index is 13.5. The molecule has 134 heavy (non-hydrogen) atoms. The highest BCUT2D eigenvalue weighted by Gasteiger charge is 2.85. The maximum atomic E-state index is 13.5. The first-order valence-electron chi connectivity index (χ1n) is 38.2. The first-order valence-corrected chi connectivity index (χ1v) is 38.2. The van der Waals surface area contributed by atoms with E-state index >= 15 is 0 Å². The van der Waals surface area contributed by atoms with Crippen molar-refractivity contribution in [3.8, 4) is 0 Å². The van der Waals surface area contributed by atoms with E-state index in [0.29, 0.717) is 0 Å². The fourth-order valence-electron chi connectivity index (χ4n) is 15.0. The highest BCUT2D eigenvalue weighted by atomic mass is 19.5. The summed E-state index contributed by atoms with van der Waals surface area (Å²) in [6.45, 7) is 12.7. The predicted molar refractivity (Wildman–Crippen MR) is 346 cm³/mol. The van der Waals surface area contributed by atoms with Crippen LogP contribution in [0.2, 0.25) is 0 Å². The fourth-order valence-corrected chi connectivity index (χ4v) is 15.0. The molecule has 4 aliphatic carbocycles. The summed E-state index contributed by atoms with van der Waals surface area (Å²) in [5, 5.41) is 76.9. The lowest BCUT2D eigenvalue weighted by Crippen LogP contribution is -2.68. The molecule has 8 N–H and O–H groups in total. The van der Waals surface area contributed by atoms with Crippen molar-refractivity contribution in [2.45, 2.75) is 340 Å². The van der Waals surface area contributed by atoms with Crippen LogP contribution < -0.4 is 0 Å². The van der Waals surface area contributed by atoms with Gasteiger partial charge in [-0.3, -0.25) is 19.2 Å². The van der Waals surface area contributed by atoms with Gasteiger partial charge >= 0.3 is 123 Å². The van der Waals surface area contributed by atoms with Gasteiger partial charge in [0.1, 0.15) is 24.4 Å². The number of carbonyl (C=O) groups is 4. The Labute approximate surface area is 722 Å². The summed E-state index contributed by atoms with van der Waals surface area (Å²) < 4.78 is 657. The van der Waals surface area contributed by atoms with E-state index < -0.39 is 339 Å². The van der Waals surface area contributed by atoms with Gasteiger partial charge in [0.25, 0.3) is 44.8 Å². The van der Waals surface area contributed by atoms with Crippen LogP contribution in [0.1, 0.15) is 172 Å². The average molecular weight is 2090 g/mol. The van der Waals surface area contributed by atoms with Crippen LogP contribution in [0.25, 0.3) is 0 Å². The minimum atomic E-state index is -6.64. The van der Waals surface area contributed by atoms with E-state index in [1.165, 1.54) is 62.3 Å². The van der Waals surface area contributed by atoms with Gasteiger partial charge in [-0.2, -0.15) is 211 Å². The van der Waals surface area contributed by atoms with Crippen molar-refractivity contribution in [2.75, 3.05) is 0 Å². The van der Waals surface area contributed by atoms with Crippen molar-refractivity contribution >= 4 is 23.9 Å². The lowest BCUT2D eigenvalue weighted by molar-refractivity contribution is -0.409. The third kappa shape index (κ3) is 24.8. The minimum absolute atomic E-state index is 0.0104. The molecule has 0 amide bonds. The zero-order valence-corrected chi connectivity index (χ0v) is 69.4. The van der Waals surface area contributed by atoms with Gasteiger partial charge in [-0.25, -0.2) is 0 Å². The van der Waals surface area contributed by atoms with E-state index in [9.17, 15) is 271 Å². The number of carbonyl (C=O) groups excluding carboxylic acids is 4. The van der Waals surface area contributed by atoms with Crippen LogP contribution in [-0.4, -0.2) is 233 Å². The molecule has 0 aromatic carbocycles. The van der Waals surface area contributed by atoms with Gasteiger partial charge in [0.15, 0.2) is 0 Å². The molecule has 0 aromatic rings. The number of hydrogen-bond donors (Lipinski definition) is 8. The number of hydrogen-bond acceptors (Lipinski definition) is 16. The summed E-state index contributed by atoms with van der Waals surface area (Å²) in [5.74, 6) is -34.6. The van der Waals surface area contributed by atoms with Gasteiger partial charge in [-0.15, -0.1) is 0 Å². The Morgan fingerprint density at radius 2 is 0.410 bits per heavy atom. The largest absolute Gasteiger partial charge is 0.462 e. The molecule has 0 bridgehead atoms. The fraction of sp³-hybridized carbons (Fsp3) is 0.943. The first kappa shape index (κ1) is 126. The molecule has 0 aliphatic heterocycles. The Kier molecular flexibility index (Phi) is 38.0. The van der Waals surface area contributed by atoms with Gasteiger partial charge < -0.3 is 59.8 Å². The van der Waals surface area contributed by atoms with Crippen molar-refractivity contribution in [1.29, 1.82) is 0 Å². The highest BCUT2D eigenvalue weighted by molar-refractivity contribution is 5.76. The van der Waals surface area contributed by atoms with Crippen LogP contribution in [0.15, 0.2) is 0 Å². The molecular formula is C70H84F48O16. The molecule has 0 aromatic heterocycles. The number of aliphatic hydroxyl groups is 8. The Balaban J connectivity index is 0.000000893. The number of rotatable bonds is 20. The third-order valence-electron chi connectivity index (χ3n) is 24.4. The predicted octanol–water partition coefficient (Wildman–Crippen LogP) is 21.1. The van der Waals surface area contributed by atoms with E-state index in [2.05, 4.69) is 14.2 Å². The number of halogens is 48. The normalized spacial score (nSPS) is 24.6. The second-order valence-corrected chi connectivity index (χ2v) is 33.6. The van der Waals surface area contributed by atoms with Gasteiger partial charge in [0, 0.05) is 47.3 Å². The van der Waals surface area contributed by atoms with Gasteiger partial charge in [-0.05, 0) is 130 Å². The van der Waals surface area contributed by atoms with E-state index in [4.69, 9.17) is 4.74 Å². The summed E-state index contributed by atoms with van der Waals surface area (Å²) in [6, 6.07) is 0. The monoisotopic (exact) mass is 2090 g/mol. The minimum Gasteiger partial charge on any atom is -0.462 e. The zero-order chi connectivity index (χ0) is 108. The SMILES string of the molecule is CCC(C)(C)C(=O)OC1CC(C(O)(C(F)(F)F)C(F)(F)F)CC(C(O)(C(F)(F)F)C(F)(F)F)C1.CCC(C)(C)C(=O)OC1CCC(C(O)(C(F)(F)F)C(F)(F)F)CC1C(O)(C(F)(F)F)C(F)(F)F.CCC(C)C(=O)OC1CC(C(O)(C(F)(F)F)C(F)(F)F)CC(C(O)(C(F)(F)F)C(F)(F)F)C1.CCC(C)C(=O)OC1CCC(C(O)(C(F)(F)F)C(F)(F)F)CC1C(O)(C(F)(F)F)C(F)(F)F. The molecule has 4 saturated carbocycles. The molecule has 4 rings (SSSR count). The van der Waals surface area contributed by atoms with Crippen molar-refractivity contribution in [3.63, 3.8) is 0 Å². The van der Waals surface area contributed by atoms with Gasteiger partial charge in [0.05, 0.1) is 22.7 Å². The average Bonchev–Trinajstić information content (AvgIpc) is 0.731. The van der Waals surface area contributed by atoms with E-state index in [0.717, 1.165) is 6.92 Å².